The Bertz CT molecular complexity index is 233. The molecule has 0 heterocycles. The zero-order valence-electron chi connectivity index (χ0n) is 8.10. The van der Waals surface area contributed by atoms with E-state index in [-0.39, 0.29) is 39.4 Å². The Morgan fingerprint density at radius 3 is 1.06 bits per heavy atom. The predicted molar refractivity (Wildman–Crippen MR) is 54.4 cm³/mol. The summed E-state index contributed by atoms with van der Waals surface area (Å²) in [6, 6.07) is 20.0. The molecule has 0 aliphatic carbocycles. The second-order valence-corrected chi connectivity index (χ2v) is 2.15. The minimum atomic E-state index is -1.75. The molecule has 0 saturated carbocycles. The molecule has 0 amide bonds. The molecule has 0 aromatic heterocycles. The van der Waals surface area contributed by atoms with Crippen LogP contribution in [0.1, 0.15) is 0 Å². The van der Waals surface area contributed by atoms with Crippen molar-refractivity contribution in [1.29, 1.82) is 0 Å². The topological polar surface area (TPSA) is 66.2 Å². The Hall–Kier alpha value is -0.840. The van der Waals surface area contributed by atoms with Crippen molar-refractivity contribution in [1.82, 2.24) is 0 Å². The number of rotatable bonds is 0. The van der Waals surface area contributed by atoms with E-state index in [0.717, 1.165) is 0 Å². The normalized spacial score (nSPS) is 6.50. The maximum absolute atomic E-state index is 8.25. The van der Waals surface area contributed by atoms with Gasteiger partial charge in [0.2, 0.25) is 0 Å². The quantitative estimate of drug-likeness (QED) is 0.316. The van der Waals surface area contributed by atoms with Crippen molar-refractivity contribution in [3.05, 3.63) is 76.0 Å². The van der Waals surface area contributed by atoms with Gasteiger partial charge in [0.15, 0.2) is 0 Å². The first-order valence-electron chi connectivity index (χ1n) is 3.88. The maximum Gasteiger partial charge on any atom is 2.00 e. The van der Waals surface area contributed by atoms with E-state index in [1.54, 1.807) is 0 Å². The smallest absolute Gasteiger partial charge is 0.356 e. The van der Waals surface area contributed by atoms with Crippen LogP contribution in [0.15, 0.2) is 60.7 Å². The second kappa shape index (κ2) is 16.6. The van der Waals surface area contributed by atoms with Crippen molar-refractivity contribution in [2.24, 2.45) is 0 Å². The maximum atomic E-state index is 8.25. The van der Waals surface area contributed by atoms with Gasteiger partial charge in [-0.3, -0.25) is 0 Å². The van der Waals surface area contributed by atoms with Crippen molar-refractivity contribution in [2.45, 2.75) is 0 Å². The molecule has 4 nitrogen and oxygen atoms in total. The fraction of sp³-hybridized carbons (Fsp3) is 0. The first kappa shape index (κ1) is 20.6. The molecule has 92 valence electrons. The third-order valence-corrected chi connectivity index (χ3v) is 1.11. The van der Waals surface area contributed by atoms with Gasteiger partial charge in [0.25, 0.3) is 0 Å². The van der Waals surface area contributed by atoms with Crippen LogP contribution in [0.3, 0.4) is 0 Å². The van der Waals surface area contributed by atoms with E-state index in [9.17, 15) is 0 Å². The van der Waals surface area contributed by atoms with E-state index in [0.29, 0.717) is 0 Å². The van der Waals surface area contributed by atoms with Crippen molar-refractivity contribution in [2.75, 3.05) is 0 Å². The van der Waals surface area contributed by atoms with Gasteiger partial charge in [0, 0.05) is 0 Å². The van der Waals surface area contributed by atoms with Crippen LogP contribution in [-0.4, -0.2) is 5.09 Å². The number of hydrogen-bond donors (Lipinski definition) is 0. The van der Waals surface area contributed by atoms with Crippen molar-refractivity contribution in [3.63, 3.8) is 0 Å². The van der Waals surface area contributed by atoms with E-state index in [2.05, 4.69) is 0 Å². The Morgan fingerprint density at radius 1 is 0.812 bits per heavy atom. The Morgan fingerprint density at radius 2 is 1.00 bits per heavy atom. The molecule has 0 saturated heterocycles. The van der Waals surface area contributed by atoms with Gasteiger partial charge in [-0.25, -0.2) is 24.3 Å². The summed E-state index contributed by atoms with van der Waals surface area (Å²) in [6.07, 6.45) is 0. The van der Waals surface area contributed by atoms with Crippen LogP contribution in [0.2, 0.25) is 0 Å². The van der Waals surface area contributed by atoms with Crippen molar-refractivity contribution in [3.8, 4) is 0 Å². The first-order valence-corrected chi connectivity index (χ1v) is 3.88. The molecule has 0 aliphatic heterocycles. The fourth-order valence-electron chi connectivity index (χ4n) is 0.642. The van der Waals surface area contributed by atoms with Gasteiger partial charge >= 0.3 is 39.4 Å². The van der Waals surface area contributed by atoms with Crippen LogP contribution >= 0.6 is 0 Å². The van der Waals surface area contributed by atoms with Gasteiger partial charge < -0.3 is 15.3 Å². The first-order chi connectivity index (χ1) is 6.73. The molecule has 2 aromatic carbocycles. The van der Waals surface area contributed by atoms with Crippen LogP contribution in [0.4, 0.5) is 0 Å². The van der Waals surface area contributed by atoms with Crippen LogP contribution < -0.4 is 0 Å². The summed E-state index contributed by atoms with van der Waals surface area (Å²) in [5, 5.41) is 14.8. The molecule has 2 aromatic rings. The molecule has 2 rings (SSSR count). The molecule has 6 heteroatoms. The zero-order valence-corrected chi connectivity index (χ0v) is 10.7. The molecule has 0 N–H and O–H groups in total. The summed E-state index contributed by atoms with van der Waals surface area (Å²) in [6.45, 7) is 0. The fourth-order valence-corrected chi connectivity index (χ4v) is 0.642. The second-order valence-electron chi connectivity index (χ2n) is 2.15. The number of hydrogen-bond acceptors (Lipinski definition) is 3. The Balaban J connectivity index is -0.000000151. The van der Waals surface area contributed by atoms with E-state index >= 15 is 0 Å². The molecule has 0 unspecified atom stereocenters. The van der Waals surface area contributed by atoms with Crippen molar-refractivity contribution < 1.29 is 44.5 Å². The van der Waals surface area contributed by atoms with Crippen molar-refractivity contribution >= 4 is 0 Å². The van der Waals surface area contributed by atoms with E-state index in [1.807, 2.05) is 60.7 Å². The van der Waals surface area contributed by atoms with Gasteiger partial charge in [0.05, 0.1) is 5.09 Å². The molecule has 0 bridgehead atoms. The summed E-state index contributed by atoms with van der Waals surface area (Å²) in [5.74, 6) is 0. The Labute approximate surface area is 120 Å². The molecular weight excluding hydrogens is 346 g/mol. The SMILES string of the molecule is O=[N+]([O-])[O-].[Ag+].[Fe+2].c1cc[cH-]c1.c1cc[cH-]c1. The summed E-state index contributed by atoms with van der Waals surface area (Å²) in [4.78, 5) is 8.25. The summed E-state index contributed by atoms with van der Waals surface area (Å²) in [7, 11) is 0. The van der Waals surface area contributed by atoms with Crippen LogP contribution in [0.5, 0.6) is 0 Å². The minimum absolute atomic E-state index is 0. The van der Waals surface area contributed by atoms with Crippen LogP contribution in [-0.2, 0) is 39.4 Å². The third-order valence-electron chi connectivity index (χ3n) is 1.11. The van der Waals surface area contributed by atoms with E-state index < -0.39 is 5.09 Å². The van der Waals surface area contributed by atoms with E-state index in [4.69, 9.17) is 15.3 Å². The average Bonchev–Trinajstić information content (AvgIpc) is 2.83. The third kappa shape index (κ3) is 23.2. The summed E-state index contributed by atoms with van der Waals surface area (Å²) >= 11 is 0. The Kier molecular flexibility index (Phi) is 21.3. The zero-order chi connectivity index (χ0) is 10.6. The monoisotopic (exact) mass is 355 g/mol. The van der Waals surface area contributed by atoms with Gasteiger partial charge in [-0.05, 0) is 0 Å². The number of nitrogens with zero attached hydrogens (tertiary/aromatic N) is 1. The van der Waals surface area contributed by atoms with Gasteiger partial charge in [-0.1, -0.05) is 0 Å². The molecular formula is C10H10AgFeNO3. The standard InChI is InChI=1S/2C5H5.Ag.Fe.NO3/c2*1-2-4-5-3-1;;;2-1(3)4/h2*1-5H;;;/q2*-1;+1;+2;-1. The average molecular weight is 356 g/mol. The van der Waals surface area contributed by atoms with Gasteiger partial charge in [-0.2, -0.15) is 36.4 Å². The predicted octanol–water partition coefficient (Wildman–Crippen LogP) is 2.57. The summed E-state index contributed by atoms with van der Waals surface area (Å²) < 4.78 is 0. The van der Waals surface area contributed by atoms with Gasteiger partial charge in [0.1, 0.15) is 0 Å². The van der Waals surface area contributed by atoms with E-state index in [1.165, 1.54) is 0 Å². The van der Waals surface area contributed by atoms with Crippen LogP contribution in [0.25, 0.3) is 0 Å². The molecule has 0 aliphatic rings. The summed E-state index contributed by atoms with van der Waals surface area (Å²) in [5.41, 5.74) is 0. The molecule has 16 heavy (non-hydrogen) atoms. The molecule has 0 radical (unpaired) electrons. The molecule has 0 atom stereocenters. The minimum Gasteiger partial charge on any atom is -0.356 e. The molecule has 0 fully saturated rings. The molecule has 0 spiro atoms. The van der Waals surface area contributed by atoms with Crippen LogP contribution in [0, 0.1) is 15.3 Å². The van der Waals surface area contributed by atoms with Gasteiger partial charge in [-0.15, -0.1) is 0 Å². The largest absolute Gasteiger partial charge is 2.00 e.